The lowest BCUT2D eigenvalue weighted by Crippen LogP contribution is -1.99. The van der Waals surface area contributed by atoms with Crippen molar-refractivity contribution < 1.29 is 9.57 Å². The summed E-state index contributed by atoms with van der Waals surface area (Å²) in [7, 11) is 0. The highest BCUT2D eigenvalue weighted by Crippen LogP contribution is 2.16. The molecule has 4 nitrogen and oxygen atoms in total. The molecule has 0 spiro atoms. The van der Waals surface area contributed by atoms with Gasteiger partial charge in [-0.15, -0.1) is 0 Å². The maximum absolute atomic E-state index is 8.77. The summed E-state index contributed by atoms with van der Waals surface area (Å²) in [4.78, 5) is 4.00. The van der Waals surface area contributed by atoms with E-state index in [2.05, 4.69) is 16.1 Å². The molecule has 21 heavy (non-hydrogen) atoms. The number of nitrogens with zero attached hydrogens (tertiary/aromatic N) is 2. The first kappa shape index (κ1) is 14.6. The van der Waals surface area contributed by atoms with Crippen LogP contribution in [0.4, 0.5) is 0 Å². The third kappa shape index (κ3) is 5.37. The van der Waals surface area contributed by atoms with Crippen LogP contribution in [0.2, 0.25) is 0 Å². The third-order valence-electron chi connectivity index (χ3n) is 2.88. The molecule has 2 aromatic carbocycles. The van der Waals surface area contributed by atoms with Crippen LogP contribution in [-0.4, -0.2) is 6.40 Å². The number of benzene rings is 2. The van der Waals surface area contributed by atoms with Gasteiger partial charge in [-0.2, -0.15) is 5.26 Å². The Morgan fingerprint density at radius 1 is 1.14 bits per heavy atom. The summed E-state index contributed by atoms with van der Waals surface area (Å²) < 4.78 is 5.75. The minimum atomic E-state index is 0.424. The van der Waals surface area contributed by atoms with E-state index in [1.54, 1.807) is 0 Å². The smallest absolute Gasteiger partial charge is 0.249 e. The van der Waals surface area contributed by atoms with Gasteiger partial charge in [0, 0.05) is 0 Å². The Balaban J connectivity index is 0.000000477. The molecule has 0 N–H and O–H groups in total. The highest BCUT2D eigenvalue weighted by atomic mass is 16.7. The Morgan fingerprint density at radius 2 is 1.86 bits per heavy atom. The molecule has 0 amide bonds. The van der Waals surface area contributed by atoms with Crippen molar-refractivity contribution in [1.82, 2.24) is 0 Å². The van der Waals surface area contributed by atoms with Gasteiger partial charge < -0.3 is 9.57 Å². The van der Waals surface area contributed by atoms with Crippen LogP contribution in [0.25, 0.3) is 0 Å². The van der Waals surface area contributed by atoms with Crippen molar-refractivity contribution >= 4 is 6.40 Å². The van der Waals surface area contributed by atoms with Gasteiger partial charge >= 0.3 is 0 Å². The van der Waals surface area contributed by atoms with E-state index in [1.807, 2.05) is 55.5 Å². The van der Waals surface area contributed by atoms with Crippen molar-refractivity contribution in [3.8, 4) is 11.8 Å². The molecule has 0 aromatic heterocycles. The highest BCUT2D eigenvalue weighted by Gasteiger charge is 2.02. The van der Waals surface area contributed by atoms with Gasteiger partial charge in [0.1, 0.15) is 12.4 Å². The third-order valence-corrected chi connectivity index (χ3v) is 2.88. The monoisotopic (exact) mass is 280 g/mol. The van der Waals surface area contributed by atoms with Crippen LogP contribution in [0.15, 0.2) is 53.7 Å². The Labute approximate surface area is 124 Å². The molecule has 2 aromatic rings. The van der Waals surface area contributed by atoms with Crippen molar-refractivity contribution in [2.75, 3.05) is 0 Å². The van der Waals surface area contributed by atoms with Gasteiger partial charge in [-0.05, 0) is 40.9 Å². The highest BCUT2D eigenvalue weighted by molar-refractivity contribution is 5.53. The Morgan fingerprint density at radius 3 is 2.48 bits per heavy atom. The van der Waals surface area contributed by atoms with E-state index < -0.39 is 0 Å². The number of oxime groups is 1. The van der Waals surface area contributed by atoms with Gasteiger partial charge in [0.2, 0.25) is 6.40 Å². The lowest BCUT2D eigenvalue weighted by Gasteiger charge is -2.09. The van der Waals surface area contributed by atoms with Crippen LogP contribution in [0.1, 0.15) is 16.7 Å². The molecule has 0 unspecified atom stereocenters. The number of rotatable bonds is 4. The van der Waals surface area contributed by atoms with Crippen LogP contribution >= 0.6 is 0 Å². The molecule has 0 radical (unpaired) electrons. The van der Waals surface area contributed by atoms with Gasteiger partial charge in [0.05, 0.1) is 12.5 Å². The normalized spacial score (nSPS) is 10.7. The molecule has 4 heteroatoms. The van der Waals surface area contributed by atoms with Crippen LogP contribution in [0.5, 0.6) is 5.75 Å². The summed E-state index contributed by atoms with van der Waals surface area (Å²) in [5, 5.41) is 11.9. The van der Waals surface area contributed by atoms with Gasteiger partial charge in [-0.1, -0.05) is 36.4 Å². The van der Waals surface area contributed by atoms with Crippen molar-refractivity contribution in [2.24, 2.45) is 5.16 Å². The lowest BCUT2D eigenvalue weighted by atomic mass is 10.1. The van der Waals surface area contributed by atoms with Gasteiger partial charge in [0.15, 0.2) is 0 Å². The number of hydrogen-bond donors (Lipinski definition) is 0. The van der Waals surface area contributed by atoms with Crippen LogP contribution in [0.3, 0.4) is 0 Å². The van der Waals surface area contributed by atoms with Gasteiger partial charge in [0.25, 0.3) is 0 Å². The first-order valence-electron chi connectivity index (χ1n) is 6.60. The largest absolute Gasteiger partial charge is 0.489 e. The summed E-state index contributed by atoms with van der Waals surface area (Å²) in [5.41, 5.74) is 3.28. The van der Waals surface area contributed by atoms with Crippen molar-refractivity contribution in [2.45, 2.75) is 20.0 Å². The molecule has 1 aliphatic rings. The van der Waals surface area contributed by atoms with Crippen LogP contribution < -0.4 is 4.74 Å². The summed E-state index contributed by atoms with van der Waals surface area (Å²) in [6, 6.07) is 18.0. The average Bonchev–Trinajstić information content (AvgIpc) is 3.35. The molecule has 0 fully saturated rings. The molecule has 106 valence electrons. The second kappa shape index (κ2) is 7.71. The molecule has 1 heterocycles. The van der Waals surface area contributed by atoms with Crippen LogP contribution in [-0.2, 0) is 17.9 Å². The topological polar surface area (TPSA) is 57.9 Å². The summed E-state index contributed by atoms with van der Waals surface area (Å²) in [6.45, 7) is 2.54. The molecule has 0 saturated carbocycles. The van der Waals surface area contributed by atoms with Crippen LogP contribution in [0, 0.1) is 18.3 Å². The predicted octanol–water partition coefficient (Wildman–Crippen LogP) is 3.60. The first-order valence-corrected chi connectivity index (χ1v) is 6.60. The molecule has 0 bridgehead atoms. The minimum Gasteiger partial charge on any atom is -0.489 e. The molecule has 0 saturated heterocycles. The zero-order chi connectivity index (χ0) is 14.9. The van der Waals surface area contributed by atoms with Gasteiger partial charge in [-0.25, -0.2) is 0 Å². The molecule has 0 aliphatic carbocycles. The number of ether oxygens (including phenoxy) is 1. The maximum Gasteiger partial charge on any atom is 0.249 e. The average molecular weight is 280 g/mol. The molecule has 3 rings (SSSR count). The van der Waals surface area contributed by atoms with E-state index in [4.69, 9.17) is 10.00 Å². The quantitative estimate of drug-likeness (QED) is 0.859. The SMILES string of the molecule is C1=NO1.Cc1cccc(OCc2ccccc2CC#N)c1. The zero-order valence-electron chi connectivity index (χ0n) is 11.8. The Bertz CT molecular complexity index is 656. The lowest BCUT2D eigenvalue weighted by molar-refractivity contribution is 0.305. The fraction of sp³-hybridized carbons (Fsp3) is 0.176. The Hall–Kier alpha value is -2.80. The zero-order valence-corrected chi connectivity index (χ0v) is 11.8. The number of aryl methyl sites for hydroxylation is 1. The summed E-state index contributed by atoms with van der Waals surface area (Å²) >= 11 is 0. The second-order valence-electron chi connectivity index (χ2n) is 4.53. The fourth-order valence-corrected chi connectivity index (χ4v) is 1.82. The molecular formula is C17H16N2O2. The van der Waals surface area contributed by atoms with Gasteiger partial charge in [-0.3, -0.25) is 0 Å². The van der Waals surface area contributed by atoms with E-state index in [1.165, 1.54) is 12.0 Å². The minimum absolute atomic E-state index is 0.424. The van der Waals surface area contributed by atoms with E-state index in [9.17, 15) is 0 Å². The van der Waals surface area contributed by atoms with E-state index >= 15 is 0 Å². The molecular weight excluding hydrogens is 264 g/mol. The first-order chi connectivity index (χ1) is 10.3. The second-order valence-corrected chi connectivity index (χ2v) is 4.53. The Kier molecular flexibility index (Phi) is 5.36. The van der Waals surface area contributed by atoms with E-state index in [0.717, 1.165) is 16.9 Å². The van der Waals surface area contributed by atoms with E-state index in [-0.39, 0.29) is 0 Å². The van der Waals surface area contributed by atoms with Crippen molar-refractivity contribution in [1.29, 1.82) is 5.26 Å². The maximum atomic E-state index is 8.77. The number of nitriles is 1. The predicted molar refractivity (Wildman–Crippen MR) is 80.8 cm³/mol. The number of hydrogen-bond acceptors (Lipinski definition) is 4. The molecule has 1 aliphatic heterocycles. The molecule has 0 atom stereocenters. The summed E-state index contributed by atoms with van der Waals surface area (Å²) in [5.74, 6) is 0.863. The van der Waals surface area contributed by atoms with Crippen molar-refractivity contribution in [3.63, 3.8) is 0 Å². The van der Waals surface area contributed by atoms with Crippen molar-refractivity contribution in [3.05, 3.63) is 65.2 Å². The fourth-order valence-electron chi connectivity index (χ4n) is 1.82. The van der Waals surface area contributed by atoms with E-state index in [0.29, 0.717) is 13.0 Å². The standard InChI is InChI=1S/C16H15NO.CHNO/c1-13-5-4-8-16(11-13)18-12-15-7-3-2-6-14(15)9-10-17;1-2-3-1/h2-8,11H,9,12H2,1H3;1H. The summed E-state index contributed by atoms with van der Waals surface area (Å²) in [6.07, 6.45) is 1.80.